The number of halogens is 8. The number of hydrogen-bond donors (Lipinski definition) is 0. The number of methoxy groups -OCH3 is 1. The van der Waals surface area contributed by atoms with Gasteiger partial charge in [-0.1, -0.05) is 52.0 Å². The molecule has 4 aromatic heterocycles. The van der Waals surface area contributed by atoms with Gasteiger partial charge in [0.25, 0.3) is 0 Å². The maximum absolute atomic E-state index is 13.2. The monoisotopic (exact) mass is 928 g/mol. The summed E-state index contributed by atoms with van der Waals surface area (Å²) in [5, 5.41) is 8.64. The summed E-state index contributed by atoms with van der Waals surface area (Å²) in [5.74, 6) is 0.516. The lowest BCUT2D eigenvalue weighted by Crippen LogP contribution is -2.09. The van der Waals surface area contributed by atoms with Crippen LogP contribution in [-0.4, -0.2) is 61.3 Å². The molecule has 0 fully saturated rings. The summed E-state index contributed by atoms with van der Waals surface area (Å²) in [4.78, 5) is 16.0. The molecule has 296 valence electrons. The summed E-state index contributed by atoms with van der Waals surface area (Å²) in [6.45, 7) is 7.67. The van der Waals surface area contributed by atoms with Gasteiger partial charge in [0.05, 0.1) is 50.0 Å². The SMILES string of the molecule is CC(C)c1nn(-c2ccnc(S(C)(=O)=O)n2)c(-c2cccc(C(F)(F)F)c2)c1Br.COc1nccc(-n2nc(C(C)C)c(Br)c2-c2cccc(C(F)(F)F)c2)n1. The molecule has 56 heavy (non-hydrogen) atoms. The molecular weight excluding hydrogens is 898 g/mol. The van der Waals surface area contributed by atoms with E-state index in [1.54, 1.807) is 12.1 Å². The van der Waals surface area contributed by atoms with Crippen molar-refractivity contribution >= 4 is 41.7 Å². The molecule has 0 saturated heterocycles. The Morgan fingerprint density at radius 2 is 1.11 bits per heavy atom. The van der Waals surface area contributed by atoms with Crippen molar-refractivity contribution in [3.05, 3.63) is 105 Å². The highest BCUT2D eigenvalue weighted by Gasteiger charge is 2.33. The molecule has 0 aliphatic carbocycles. The van der Waals surface area contributed by atoms with E-state index in [2.05, 4.69) is 62.0 Å². The Kier molecular flexibility index (Phi) is 12.4. The molecule has 20 heteroatoms. The topological polar surface area (TPSA) is 131 Å². The van der Waals surface area contributed by atoms with Gasteiger partial charge in [-0.05, 0) is 68.0 Å². The number of rotatable bonds is 8. The second-order valence-corrected chi connectivity index (χ2v) is 16.3. The normalized spacial score (nSPS) is 12.2. The second-order valence-electron chi connectivity index (χ2n) is 12.8. The van der Waals surface area contributed by atoms with Crippen molar-refractivity contribution in [3.8, 4) is 40.2 Å². The van der Waals surface area contributed by atoms with Crippen molar-refractivity contribution in [1.82, 2.24) is 39.5 Å². The average molecular weight is 931 g/mol. The number of ether oxygens (including phenoxy) is 1. The van der Waals surface area contributed by atoms with Gasteiger partial charge < -0.3 is 4.74 Å². The molecule has 0 aliphatic heterocycles. The van der Waals surface area contributed by atoms with E-state index in [1.165, 1.54) is 53.1 Å². The van der Waals surface area contributed by atoms with Crippen molar-refractivity contribution in [2.75, 3.05) is 13.4 Å². The Morgan fingerprint density at radius 3 is 1.50 bits per heavy atom. The molecule has 4 heterocycles. The molecular formula is C36H32Br2F6N8O3S. The van der Waals surface area contributed by atoms with Crippen molar-refractivity contribution in [1.29, 1.82) is 0 Å². The summed E-state index contributed by atoms with van der Waals surface area (Å²) in [7, 11) is -2.24. The fourth-order valence-electron chi connectivity index (χ4n) is 5.26. The minimum absolute atomic E-state index is 0.0496. The fourth-order valence-corrected chi connectivity index (χ4v) is 7.64. The number of alkyl halides is 6. The number of nitrogens with zero attached hydrogens (tertiary/aromatic N) is 8. The first-order valence-electron chi connectivity index (χ1n) is 16.4. The second kappa shape index (κ2) is 16.4. The van der Waals surface area contributed by atoms with Gasteiger partial charge in [-0.15, -0.1) is 0 Å². The van der Waals surface area contributed by atoms with E-state index in [0.717, 1.165) is 30.5 Å². The zero-order valence-corrected chi connectivity index (χ0v) is 34.3. The maximum Gasteiger partial charge on any atom is 0.416 e. The van der Waals surface area contributed by atoms with Crippen LogP contribution in [-0.2, 0) is 22.2 Å². The first kappa shape index (κ1) is 42.5. The minimum Gasteiger partial charge on any atom is -0.467 e. The standard InChI is InChI=1S/C18H16BrF3N4O2S.C18H16BrF3N4O/c1-10(2)15-14(19)16(11-5-4-6-12(9-11)18(20,21)22)26(25-15)13-7-8-23-17(24-13)29(3,27)28;1-10(2)15-14(19)16(11-5-4-6-12(9-11)18(20,21)22)26(25-15)13-7-8-23-17(24-13)27-3/h4-10H,1-3H3;4-10H,1-3H3. The summed E-state index contributed by atoms with van der Waals surface area (Å²) in [5.41, 5.74) is 1.20. The summed E-state index contributed by atoms with van der Waals surface area (Å²) in [6, 6.07) is 13.1. The third kappa shape index (κ3) is 9.29. The molecule has 0 unspecified atom stereocenters. The number of sulfone groups is 1. The Balaban J connectivity index is 0.000000215. The third-order valence-electron chi connectivity index (χ3n) is 7.91. The van der Waals surface area contributed by atoms with E-state index in [4.69, 9.17) is 4.74 Å². The fraction of sp³-hybridized carbons (Fsp3) is 0.278. The Bertz CT molecular complexity index is 2490. The van der Waals surface area contributed by atoms with Crippen molar-refractivity contribution in [2.45, 2.75) is 57.0 Å². The van der Waals surface area contributed by atoms with Crippen molar-refractivity contribution in [3.63, 3.8) is 0 Å². The van der Waals surface area contributed by atoms with Gasteiger partial charge in [-0.2, -0.15) is 46.5 Å². The highest BCUT2D eigenvalue weighted by molar-refractivity contribution is 9.11. The van der Waals surface area contributed by atoms with Crippen LogP contribution in [0.4, 0.5) is 26.3 Å². The molecule has 11 nitrogen and oxygen atoms in total. The van der Waals surface area contributed by atoms with Gasteiger partial charge in [0.2, 0.25) is 15.0 Å². The molecule has 0 N–H and O–H groups in total. The molecule has 0 spiro atoms. The molecule has 2 aromatic carbocycles. The van der Waals surface area contributed by atoms with Crippen LogP contribution >= 0.6 is 31.9 Å². The van der Waals surface area contributed by atoms with Crippen molar-refractivity contribution < 1.29 is 39.5 Å². The van der Waals surface area contributed by atoms with E-state index in [1.807, 2.05) is 27.7 Å². The Labute approximate surface area is 334 Å². The number of benzene rings is 2. The largest absolute Gasteiger partial charge is 0.467 e. The van der Waals surface area contributed by atoms with E-state index < -0.39 is 38.5 Å². The summed E-state index contributed by atoms with van der Waals surface area (Å²) >= 11 is 6.95. The zero-order valence-electron chi connectivity index (χ0n) is 30.3. The van der Waals surface area contributed by atoms with Crippen LogP contribution in [0.5, 0.6) is 6.01 Å². The quantitative estimate of drug-likeness (QED) is 0.108. The first-order valence-corrected chi connectivity index (χ1v) is 19.9. The molecule has 0 atom stereocenters. The van der Waals surface area contributed by atoms with E-state index in [-0.39, 0.29) is 29.2 Å². The molecule has 0 radical (unpaired) electrons. The number of aromatic nitrogens is 8. The van der Waals surface area contributed by atoms with Crippen LogP contribution in [0.3, 0.4) is 0 Å². The predicted octanol–water partition coefficient (Wildman–Crippen LogP) is 9.88. The molecule has 0 bridgehead atoms. The van der Waals surface area contributed by atoms with Crippen LogP contribution in [0.1, 0.15) is 62.0 Å². The summed E-state index contributed by atoms with van der Waals surface area (Å²) < 4.78 is 112. The van der Waals surface area contributed by atoms with Gasteiger partial charge in [0, 0.05) is 41.9 Å². The van der Waals surface area contributed by atoms with Gasteiger partial charge in [0.1, 0.15) is 0 Å². The minimum atomic E-state index is -4.51. The van der Waals surface area contributed by atoms with Crippen LogP contribution in [0, 0.1) is 0 Å². The molecule has 0 amide bonds. The van der Waals surface area contributed by atoms with Crippen LogP contribution in [0.25, 0.3) is 34.2 Å². The highest BCUT2D eigenvalue weighted by Crippen LogP contribution is 2.40. The molecule has 6 aromatic rings. The first-order chi connectivity index (χ1) is 26.1. The van der Waals surface area contributed by atoms with Crippen LogP contribution in [0.15, 0.2) is 87.2 Å². The van der Waals surface area contributed by atoms with Crippen LogP contribution in [0.2, 0.25) is 0 Å². The van der Waals surface area contributed by atoms with E-state index >= 15 is 0 Å². The smallest absolute Gasteiger partial charge is 0.416 e. The van der Waals surface area contributed by atoms with Gasteiger partial charge in [-0.3, -0.25) is 0 Å². The lowest BCUT2D eigenvalue weighted by Gasteiger charge is -2.11. The average Bonchev–Trinajstić information content (AvgIpc) is 3.68. The molecule has 0 saturated carbocycles. The lowest BCUT2D eigenvalue weighted by atomic mass is 10.1. The summed E-state index contributed by atoms with van der Waals surface area (Å²) in [6.07, 6.45) is -5.21. The highest BCUT2D eigenvalue weighted by atomic mass is 79.9. The Hall–Kier alpha value is -4.69. The predicted molar refractivity (Wildman–Crippen MR) is 202 cm³/mol. The van der Waals surface area contributed by atoms with Gasteiger partial charge in [0.15, 0.2) is 11.6 Å². The van der Waals surface area contributed by atoms with Crippen LogP contribution < -0.4 is 4.74 Å². The zero-order chi connectivity index (χ0) is 41.3. The molecule has 6 rings (SSSR count). The molecule has 0 aliphatic rings. The van der Waals surface area contributed by atoms with E-state index in [9.17, 15) is 34.8 Å². The van der Waals surface area contributed by atoms with Gasteiger partial charge >= 0.3 is 18.4 Å². The van der Waals surface area contributed by atoms with Crippen molar-refractivity contribution in [2.24, 2.45) is 0 Å². The third-order valence-corrected chi connectivity index (χ3v) is 10.3. The van der Waals surface area contributed by atoms with E-state index in [0.29, 0.717) is 43.1 Å². The number of hydrogen-bond acceptors (Lipinski definition) is 9. The Morgan fingerprint density at radius 1 is 0.679 bits per heavy atom. The lowest BCUT2D eigenvalue weighted by molar-refractivity contribution is -0.138. The van der Waals surface area contributed by atoms with Gasteiger partial charge in [-0.25, -0.2) is 27.7 Å². The maximum atomic E-state index is 13.2.